The Labute approximate surface area is 298 Å². The van der Waals surface area contributed by atoms with Crippen LogP contribution in [-0.4, -0.2) is 85.3 Å². The summed E-state index contributed by atoms with van der Waals surface area (Å²) < 4.78 is 20.7. The van der Waals surface area contributed by atoms with Crippen LogP contribution in [0.5, 0.6) is 0 Å². The summed E-state index contributed by atoms with van der Waals surface area (Å²) in [5, 5.41) is 7.97. The summed E-state index contributed by atoms with van der Waals surface area (Å²) in [6, 6.07) is 16.1. The summed E-state index contributed by atoms with van der Waals surface area (Å²) in [6.45, 7) is 5.99. The van der Waals surface area contributed by atoms with Crippen LogP contribution in [0.15, 0.2) is 60.7 Å². The average Bonchev–Trinajstić information content (AvgIpc) is 3.11. The van der Waals surface area contributed by atoms with Gasteiger partial charge in [-0.25, -0.2) is 14.4 Å². The first-order valence-corrected chi connectivity index (χ1v) is 17.1. The van der Waals surface area contributed by atoms with Crippen LogP contribution in [0.2, 0.25) is 0 Å². The number of benzene rings is 2. The predicted molar refractivity (Wildman–Crippen MR) is 186 cm³/mol. The van der Waals surface area contributed by atoms with Crippen LogP contribution in [0.4, 0.5) is 9.59 Å². The number of carbonyl (C=O) groups is 6. The molecule has 0 spiro atoms. The zero-order chi connectivity index (χ0) is 37.2. The second-order valence-electron chi connectivity index (χ2n) is 13.2. The number of esters is 2. The number of likely N-dealkylation sites (tertiary alicyclic amines) is 1. The van der Waals surface area contributed by atoms with Crippen LogP contribution < -0.4 is 16.0 Å². The van der Waals surface area contributed by atoms with Crippen molar-refractivity contribution in [1.82, 2.24) is 20.9 Å². The van der Waals surface area contributed by atoms with Crippen LogP contribution in [0, 0.1) is 5.92 Å². The molecule has 1 aliphatic rings. The molecule has 0 aromatic heterocycles. The Balaban J connectivity index is 1.55. The number of methoxy groups -OCH3 is 1. The molecule has 0 aliphatic carbocycles. The fourth-order valence-electron chi connectivity index (χ4n) is 5.35. The number of alkyl carbamates (subject to hydrolysis) is 2. The lowest BCUT2D eigenvalue weighted by molar-refractivity contribution is -0.153. The molecule has 14 nitrogen and oxygen atoms in total. The Morgan fingerprint density at radius 2 is 1.45 bits per heavy atom. The second-order valence-corrected chi connectivity index (χ2v) is 13.2. The van der Waals surface area contributed by atoms with Gasteiger partial charge in [0.05, 0.1) is 19.4 Å². The van der Waals surface area contributed by atoms with Crippen molar-refractivity contribution in [2.75, 3.05) is 26.7 Å². The third-order valence-electron chi connectivity index (χ3n) is 7.91. The molecule has 3 N–H and O–H groups in total. The largest absolute Gasteiger partial charge is 0.467 e. The number of amides is 4. The summed E-state index contributed by atoms with van der Waals surface area (Å²) in [5.41, 5.74) is 0.842. The van der Waals surface area contributed by atoms with Crippen LogP contribution in [0.1, 0.15) is 70.4 Å². The minimum absolute atomic E-state index is 0.0114. The van der Waals surface area contributed by atoms with Crippen molar-refractivity contribution < 1.29 is 47.7 Å². The zero-order valence-corrected chi connectivity index (χ0v) is 29.8. The van der Waals surface area contributed by atoms with Crippen LogP contribution in [-0.2, 0) is 51.3 Å². The average molecular weight is 711 g/mol. The van der Waals surface area contributed by atoms with E-state index in [0.29, 0.717) is 38.8 Å². The van der Waals surface area contributed by atoms with E-state index >= 15 is 0 Å². The Hall–Kier alpha value is -5.14. The SMILES string of the molecule is COC(=O)[C@H](CC(=O)OCc1ccccc1)NC(=O)C1CCCN(C(=O)[C@H](CCCCNC(=O)OCc2ccccc2)NC(=O)OC(C)(C)C)C1. The van der Waals surface area contributed by atoms with E-state index in [1.54, 1.807) is 45.0 Å². The maximum absolute atomic E-state index is 13.8. The zero-order valence-electron chi connectivity index (χ0n) is 29.8. The molecule has 1 aliphatic heterocycles. The molecule has 1 fully saturated rings. The Kier molecular flexibility index (Phi) is 16.2. The van der Waals surface area contributed by atoms with Gasteiger partial charge in [-0.15, -0.1) is 0 Å². The highest BCUT2D eigenvalue weighted by atomic mass is 16.6. The number of carbonyl (C=O) groups excluding carboxylic acids is 6. The minimum Gasteiger partial charge on any atom is -0.467 e. The van der Waals surface area contributed by atoms with E-state index in [9.17, 15) is 28.8 Å². The lowest BCUT2D eigenvalue weighted by atomic mass is 9.95. The topological polar surface area (TPSA) is 179 Å². The van der Waals surface area contributed by atoms with Gasteiger partial charge >= 0.3 is 24.1 Å². The number of hydrogen-bond donors (Lipinski definition) is 3. The molecule has 1 saturated heterocycles. The summed E-state index contributed by atoms with van der Waals surface area (Å²) in [7, 11) is 1.16. The molecule has 1 unspecified atom stereocenters. The predicted octanol–water partition coefficient (Wildman–Crippen LogP) is 4.01. The van der Waals surface area contributed by atoms with Gasteiger partial charge in [-0.3, -0.25) is 14.4 Å². The molecule has 0 radical (unpaired) electrons. The fourth-order valence-corrected chi connectivity index (χ4v) is 5.35. The third kappa shape index (κ3) is 15.1. The van der Waals surface area contributed by atoms with Gasteiger partial charge in [-0.1, -0.05) is 60.7 Å². The van der Waals surface area contributed by atoms with Crippen molar-refractivity contribution in [3.05, 3.63) is 71.8 Å². The van der Waals surface area contributed by atoms with Gasteiger partial charge in [0.25, 0.3) is 0 Å². The van der Waals surface area contributed by atoms with Crippen LogP contribution in [0.25, 0.3) is 0 Å². The van der Waals surface area contributed by atoms with Gasteiger partial charge in [0, 0.05) is 19.6 Å². The number of ether oxygens (including phenoxy) is 4. The van der Waals surface area contributed by atoms with Crippen molar-refractivity contribution in [1.29, 1.82) is 0 Å². The summed E-state index contributed by atoms with van der Waals surface area (Å²) in [4.78, 5) is 78.4. The summed E-state index contributed by atoms with van der Waals surface area (Å²) in [6.07, 6.45) is 0.435. The quantitative estimate of drug-likeness (QED) is 0.131. The van der Waals surface area contributed by atoms with Gasteiger partial charge in [-0.05, 0) is 64.0 Å². The lowest BCUT2D eigenvalue weighted by Gasteiger charge is -2.35. The highest BCUT2D eigenvalue weighted by Gasteiger charge is 2.35. The van der Waals surface area contributed by atoms with E-state index in [4.69, 9.17) is 18.9 Å². The van der Waals surface area contributed by atoms with Gasteiger partial charge in [-0.2, -0.15) is 0 Å². The highest BCUT2D eigenvalue weighted by Crippen LogP contribution is 2.20. The molecule has 4 amide bonds. The maximum atomic E-state index is 13.8. The molecule has 2 aromatic carbocycles. The number of piperidine rings is 1. The molecule has 0 bridgehead atoms. The minimum atomic E-state index is -1.28. The monoisotopic (exact) mass is 710 g/mol. The van der Waals surface area contributed by atoms with Gasteiger partial charge in [0.1, 0.15) is 30.9 Å². The lowest BCUT2D eigenvalue weighted by Crippen LogP contribution is -2.54. The first-order chi connectivity index (χ1) is 24.3. The van der Waals surface area contributed by atoms with E-state index in [-0.39, 0.29) is 32.1 Å². The third-order valence-corrected chi connectivity index (χ3v) is 7.91. The second kappa shape index (κ2) is 20.5. The van der Waals surface area contributed by atoms with E-state index < -0.39 is 60.1 Å². The van der Waals surface area contributed by atoms with Crippen LogP contribution in [0.3, 0.4) is 0 Å². The van der Waals surface area contributed by atoms with E-state index in [2.05, 4.69) is 16.0 Å². The highest BCUT2D eigenvalue weighted by molar-refractivity contribution is 5.90. The molecular weight excluding hydrogens is 660 g/mol. The van der Waals surface area contributed by atoms with Crippen molar-refractivity contribution in [3.8, 4) is 0 Å². The first-order valence-electron chi connectivity index (χ1n) is 17.1. The number of rotatable bonds is 16. The molecule has 14 heteroatoms. The molecule has 3 rings (SSSR count). The fraction of sp³-hybridized carbons (Fsp3) is 0.514. The summed E-state index contributed by atoms with van der Waals surface area (Å²) in [5.74, 6) is -3.07. The normalized spacial score (nSPS) is 15.4. The molecule has 278 valence electrons. The van der Waals surface area contributed by atoms with Gasteiger partial charge in [0.15, 0.2) is 0 Å². The number of nitrogens with zero attached hydrogens (tertiary/aromatic N) is 1. The Morgan fingerprint density at radius 3 is 2.06 bits per heavy atom. The van der Waals surface area contributed by atoms with Crippen molar-refractivity contribution in [3.63, 3.8) is 0 Å². The number of nitrogens with one attached hydrogen (secondary N) is 3. The maximum Gasteiger partial charge on any atom is 0.408 e. The van der Waals surface area contributed by atoms with Gasteiger partial charge in [0.2, 0.25) is 11.8 Å². The molecule has 2 aromatic rings. The molecule has 0 saturated carbocycles. The molecule has 1 heterocycles. The first kappa shape index (κ1) is 40.3. The van der Waals surface area contributed by atoms with Crippen molar-refractivity contribution in [2.45, 2.75) is 90.2 Å². The standard InChI is InChI=1S/C37H50N4O10/c1-37(2,3)51-36(47)40-29(19-11-12-20-38-35(46)50-25-27-16-9-6-10-17-27)33(44)41-21-13-18-28(23-41)32(43)39-30(34(45)48-4)22-31(42)49-24-26-14-7-5-8-15-26/h5-10,14-17,28-30H,11-13,18-25H2,1-4H3,(H,38,46)(H,39,43)(H,40,47)/t28?,29-,30-/m0/s1. The van der Waals surface area contributed by atoms with E-state index in [0.717, 1.165) is 18.2 Å². The van der Waals surface area contributed by atoms with E-state index in [1.807, 2.05) is 36.4 Å². The van der Waals surface area contributed by atoms with Crippen molar-refractivity contribution in [2.24, 2.45) is 5.92 Å². The summed E-state index contributed by atoms with van der Waals surface area (Å²) >= 11 is 0. The van der Waals surface area contributed by atoms with Gasteiger partial charge < -0.3 is 39.8 Å². The Morgan fingerprint density at radius 1 is 0.824 bits per heavy atom. The molecule has 51 heavy (non-hydrogen) atoms. The number of unbranched alkanes of at least 4 members (excludes halogenated alkanes) is 1. The van der Waals surface area contributed by atoms with Crippen LogP contribution >= 0.6 is 0 Å². The smallest absolute Gasteiger partial charge is 0.408 e. The van der Waals surface area contributed by atoms with Crippen molar-refractivity contribution >= 4 is 35.9 Å². The molecule has 3 atom stereocenters. The van der Waals surface area contributed by atoms with E-state index in [1.165, 1.54) is 4.90 Å². The molecular formula is C37H50N4O10. The Bertz CT molecular complexity index is 1450. The number of hydrogen-bond acceptors (Lipinski definition) is 10.